The first-order chi connectivity index (χ1) is 12.2. The highest BCUT2D eigenvalue weighted by atomic mass is 19.4. The van der Waals surface area contributed by atoms with Crippen molar-refractivity contribution in [2.75, 3.05) is 12.4 Å². The normalized spacial score (nSPS) is 11.8. The third-order valence-electron chi connectivity index (χ3n) is 3.02. The number of halogens is 3. The number of alkyl halides is 3. The van der Waals surface area contributed by atoms with Crippen LogP contribution < -0.4 is 15.4 Å². The molecule has 0 radical (unpaired) electrons. The van der Waals surface area contributed by atoms with E-state index in [-0.39, 0.29) is 5.95 Å². The molecule has 0 fully saturated rings. The molecule has 1 amide bonds. The highest BCUT2D eigenvalue weighted by Gasteiger charge is 2.39. The van der Waals surface area contributed by atoms with Crippen LogP contribution in [0.25, 0.3) is 0 Å². The van der Waals surface area contributed by atoms with Crippen LogP contribution in [-0.4, -0.2) is 35.1 Å². The summed E-state index contributed by atoms with van der Waals surface area (Å²) >= 11 is 0. The molecule has 0 saturated heterocycles. The summed E-state index contributed by atoms with van der Waals surface area (Å²) in [6.07, 6.45) is -5.06. The van der Waals surface area contributed by atoms with Crippen LogP contribution in [0.3, 0.4) is 0 Å². The van der Waals surface area contributed by atoms with Gasteiger partial charge in [0.05, 0.1) is 7.11 Å². The van der Waals surface area contributed by atoms with E-state index in [9.17, 15) is 18.0 Å². The Labute approximate surface area is 147 Å². The molecule has 0 aliphatic carbocycles. The van der Waals surface area contributed by atoms with E-state index in [2.05, 4.69) is 20.3 Å². The zero-order chi connectivity index (χ0) is 19.3. The standard InChI is InChI=1S/C16H16F3N5O2/c1-9-8-10(2)21-14(20-9)24-15(23-13(25)16(17,18)19)22-11-4-6-12(26-3)7-5-11/h4-8H,1-3H3,(H2,20,21,22,23,24,25). The molecular weight excluding hydrogens is 351 g/mol. The van der Waals surface area contributed by atoms with Gasteiger partial charge in [0.2, 0.25) is 5.96 Å². The summed E-state index contributed by atoms with van der Waals surface area (Å²) < 4.78 is 42.7. The van der Waals surface area contributed by atoms with Crippen molar-refractivity contribution in [3.05, 3.63) is 41.7 Å². The van der Waals surface area contributed by atoms with E-state index < -0.39 is 18.0 Å². The number of anilines is 1. The van der Waals surface area contributed by atoms with Crippen LogP contribution in [0.15, 0.2) is 35.3 Å². The molecule has 1 aromatic carbocycles. The van der Waals surface area contributed by atoms with Crippen LogP contribution in [0, 0.1) is 13.8 Å². The number of aryl methyl sites for hydroxylation is 2. The molecule has 2 rings (SSSR count). The first-order valence-corrected chi connectivity index (χ1v) is 7.37. The lowest BCUT2D eigenvalue weighted by Gasteiger charge is -2.13. The number of aromatic nitrogens is 2. The predicted molar refractivity (Wildman–Crippen MR) is 89.4 cm³/mol. The molecule has 0 unspecified atom stereocenters. The number of ether oxygens (including phenoxy) is 1. The van der Waals surface area contributed by atoms with E-state index in [1.165, 1.54) is 7.11 Å². The second kappa shape index (κ2) is 7.81. The summed E-state index contributed by atoms with van der Waals surface area (Å²) in [5, 5.41) is 4.29. The van der Waals surface area contributed by atoms with Gasteiger partial charge in [0.1, 0.15) is 5.75 Å². The van der Waals surface area contributed by atoms with Crippen LogP contribution in [0.1, 0.15) is 11.4 Å². The average Bonchev–Trinajstić information content (AvgIpc) is 2.53. The molecule has 1 aromatic heterocycles. The quantitative estimate of drug-likeness (QED) is 0.643. The van der Waals surface area contributed by atoms with Crippen LogP contribution >= 0.6 is 0 Å². The topological polar surface area (TPSA) is 88.5 Å². The minimum atomic E-state index is -5.06. The Bertz CT molecular complexity index is 799. The lowest BCUT2D eigenvalue weighted by Crippen LogP contribution is -2.43. The molecular formula is C16H16F3N5O2. The van der Waals surface area contributed by atoms with Crippen molar-refractivity contribution >= 4 is 23.5 Å². The number of carbonyl (C=O) groups is 1. The number of carbonyl (C=O) groups excluding carboxylic acids is 1. The minimum Gasteiger partial charge on any atom is -0.497 e. The zero-order valence-electron chi connectivity index (χ0n) is 14.2. The van der Waals surface area contributed by atoms with Crippen molar-refractivity contribution in [2.45, 2.75) is 20.0 Å². The second-order valence-electron chi connectivity index (χ2n) is 5.22. The van der Waals surface area contributed by atoms with Crippen LogP contribution in [0.2, 0.25) is 0 Å². The predicted octanol–water partition coefficient (Wildman–Crippen LogP) is 2.88. The van der Waals surface area contributed by atoms with Crippen LogP contribution in [-0.2, 0) is 4.79 Å². The van der Waals surface area contributed by atoms with Gasteiger partial charge in [-0.15, -0.1) is 0 Å². The number of aliphatic imine (C=N–C) groups is 1. The molecule has 0 bridgehead atoms. The Balaban J connectivity index is 2.33. The van der Waals surface area contributed by atoms with Crippen molar-refractivity contribution in [3.63, 3.8) is 0 Å². The van der Waals surface area contributed by atoms with E-state index in [1.54, 1.807) is 49.5 Å². The van der Waals surface area contributed by atoms with E-state index in [4.69, 9.17) is 4.74 Å². The van der Waals surface area contributed by atoms with Gasteiger partial charge in [0.25, 0.3) is 5.95 Å². The minimum absolute atomic E-state index is 0.0824. The molecule has 10 heteroatoms. The SMILES string of the molecule is COc1ccc(N/C(=N/c2nc(C)cc(C)n2)NC(=O)C(F)(F)F)cc1. The fraction of sp³-hybridized carbons (Fsp3) is 0.250. The van der Waals surface area contributed by atoms with E-state index >= 15 is 0 Å². The maximum absolute atomic E-state index is 12.6. The van der Waals surface area contributed by atoms with Gasteiger partial charge < -0.3 is 10.1 Å². The summed E-state index contributed by atoms with van der Waals surface area (Å²) in [6, 6.07) is 7.98. The number of nitrogens with one attached hydrogen (secondary N) is 2. The number of nitrogens with zero attached hydrogens (tertiary/aromatic N) is 3. The molecule has 0 aliphatic heterocycles. The summed E-state index contributed by atoms with van der Waals surface area (Å²) in [5.41, 5.74) is 1.56. The Kier molecular flexibility index (Phi) is 5.75. The van der Waals surface area contributed by atoms with Crippen molar-refractivity contribution in [1.29, 1.82) is 0 Å². The number of amides is 1. The number of methoxy groups -OCH3 is 1. The molecule has 7 nitrogen and oxygen atoms in total. The molecule has 0 spiro atoms. The smallest absolute Gasteiger partial charge is 0.471 e. The molecule has 0 aliphatic rings. The molecule has 2 N–H and O–H groups in total. The molecule has 0 atom stereocenters. The van der Waals surface area contributed by atoms with E-state index in [0.717, 1.165) is 0 Å². The first-order valence-electron chi connectivity index (χ1n) is 7.37. The Morgan fingerprint density at radius 2 is 1.69 bits per heavy atom. The lowest BCUT2D eigenvalue weighted by molar-refractivity contribution is -0.171. The van der Waals surface area contributed by atoms with Gasteiger partial charge in [-0.2, -0.15) is 18.2 Å². The first kappa shape index (κ1) is 19.2. The van der Waals surface area contributed by atoms with Gasteiger partial charge in [-0.25, -0.2) is 9.97 Å². The largest absolute Gasteiger partial charge is 0.497 e. The van der Waals surface area contributed by atoms with Crippen LogP contribution in [0.4, 0.5) is 24.8 Å². The van der Waals surface area contributed by atoms with Crippen molar-refractivity contribution < 1.29 is 22.7 Å². The second-order valence-corrected chi connectivity index (χ2v) is 5.22. The molecule has 1 heterocycles. The summed E-state index contributed by atoms with van der Waals surface area (Å²) in [6.45, 7) is 3.39. The zero-order valence-corrected chi connectivity index (χ0v) is 14.2. The highest BCUT2D eigenvalue weighted by Crippen LogP contribution is 2.17. The molecule has 0 saturated carbocycles. The Morgan fingerprint density at radius 3 is 2.19 bits per heavy atom. The molecule has 138 valence electrons. The summed E-state index contributed by atoms with van der Waals surface area (Å²) in [7, 11) is 1.48. The van der Waals surface area contributed by atoms with Crippen molar-refractivity contribution in [1.82, 2.24) is 15.3 Å². The summed E-state index contributed by atoms with van der Waals surface area (Å²) in [5.74, 6) is -2.14. The lowest BCUT2D eigenvalue weighted by atomic mass is 10.3. The van der Waals surface area contributed by atoms with Gasteiger partial charge in [-0.1, -0.05) is 0 Å². The Hall–Kier alpha value is -3.17. The van der Waals surface area contributed by atoms with Gasteiger partial charge >= 0.3 is 12.1 Å². The fourth-order valence-corrected chi connectivity index (χ4v) is 1.93. The van der Waals surface area contributed by atoms with E-state index in [1.807, 2.05) is 0 Å². The van der Waals surface area contributed by atoms with Crippen molar-refractivity contribution in [2.24, 2.45) is 4.99 Å². The fourth-order valence-electron chi connectivity index (χ4n) is 1.93. The Morgan fingerprint density at radius 1 is 1.12 bits per heavy atom. The van der Waals surface area contributed by atoms with Gasteiger partial charge in [0.15, 0.2) is 0 Å². The highest BCUT2D eigenvalue weighted by molar-refractivity contribution is 6.06. The summed E-state index contributed by atoms with van der Waals surface area (Å²) in [4.78, 5) is 23.2. The monoisotopic (exact) mass is 367 g/mol. The molecule has 26 heavy (non-hydrogen) atoms. The van der Waals surface area contributed by atoms with E-state index in [0.29, 0.717) is 22.8 Å². The number of hydrogen-bond donors (Lipinski definition) is 2. The van der Waals surface area contributed by atoms with Crippen LogP contribution in [0.5, 0.6) is 5.75 Å². The third-order valence-corrected chi connectivity index (χ3v) is 3.02. The third kappa shape index (κ3) is 5.43. The van der Waals surface area contributed by atoms with Gasteiger partial charge in [-0.05, 0) is 44.2 Å². The number of rotatable bonds is 3. The average molecular weight is 367 g/mol. The van der Waals surface area contributed by atoms with Gasteiger partial charge in [0, 0.05) is 17.1 Å². The number of guanidine groups is 1. The van der Waals surface area contributed by atoms with Gasteiger partial charge in [-0.3, -0.25) is 10.1 Å². The maximum atomic E-state index is 12.6. The maximum Gasteiger partial charge on any atom is 0.471 e. The van der Waals surface area contributed by atoms with Crippen molar-refractivity contribution in [3.8, 4) is 5.75 Å². The number of benzene rings is 1. The number of hydrogen-bond acceptors (Lipinski definition) is 5. The molecule has 2 aromatic rings.